The number of nitrogens with zero attached hydrogens (tertiary/aromatic N) is 3. The molecule has 2 aromatic carbocycles. The number of rotatable bonds is 4. The molecule has 0 aliphatic heterocycles. The summed E-state index contributed by atoms with van der Waals surface area (Å²) in [7, 11) is 0. The Morgan fingerprint density at radius 2 is 2.04 bits per heavy atom. The summed E-state index contributed by atoms with van der Waals surface area (Å²) in [5, 5.41) is 14.4. The summed E-state index contributed by atoms with van der Waals surface area (Å²) in [4.78, 5) is 17.4. The predicted molar refractivity (Wildman–Crippen MR) is 106 cm³/mol. The molecular weight excluding hydrogens is 450 g/mol. The van der Waals surface area contributed by atoms with Crippen LogP contribution in [0.4, 0.5) is 0 Å². The van der Waals surface area contributed by atoms with Crippen LogP contribution < -0.4 is 5.56 Å². The molecule has 128 valence electrons. The van der Waals surface area contributed by atoms with E-state index < -0.39 is 0 Å². The lowest BCUT2D eigenvalue weighted by Crippen LogP contribution is -2.22. The van der Waals surface area contributed by atoms with Crippen LogP contribution in [0.15, 0.2) is 55.2 Å². The molecule has 5 nitrogen and oxygen atoms in total. The Morgan fingerprint density at radius 3 is 2.76 bits per heavy atom. The molecule has 0 aliphatic carbocycles. The maximum absolute atomic E-state index is 12.9. The van der Waals surface area contributed by atoms with Gasteiger partial charge in [0.05, 0.1) is 21.6 Å². The van der Waals surface area contributed by atoms with Gasteiger partial charge in [0.15, 0.2) is 0 Å². The number of benzene rings is 2. The van der Waals surface area contributed by atoms with Gasteiger partial charge in [-0.25, -0.2) is 4.98 Å². The topological polar surface area (TPSA) is 67.5 Å². The number of halogens is 2. The van der Waals surface area contributed by atoms with Crippen LogP contribution in [-0.2, 0) is 6.42 Å². The molecule has 1 N–H and O–H groups in total. The van der Waals surface area contributed by atoms with E-state index in [1.54, 1.807) is 30.5 Å². The zero-order chi connectivity index (χ0) is 18.0. The third kappa shape index (κ3) is 3.82. The smallest absolute Gasteiger partial charge is 0.282 e. The van der Waals surface area contributed by atoms with Gasteiger partial charge >= 0.3 is 0 Å². The van der Waals surface area contributed by atoms with Crippen LogP contribution in [0.5, 0.6) is 5.75 Å². The monoisotopic (exact) mass is 463 g/mol. The second kappa shape index (κ2) is 7.49. The number of aryl methyl sites for hydroxylation is 1. The number of phenolic OH excluding ortho intramolecular Hbond substituents is 1. The van der Waals surface area contributed by atoms with Gasteiger partial charge in [0.1, 0.15) is 11.6 Å². The van der Waals surface area contributed by atoms with Gasteiger partial charge in [-0.2, -0.15) is 9.78 Å². The first-order valence-corrected chi connectivity index (χ1v) is 9.32. The summed E-state index contributed by atoms with van der Waals surface area (Å²) in [6.07, 6.45) is 3.09. The fourth-order valence-corrected chi connectivity index (χ4v) is 3.18. The largest absolute Gasteiger partial charge is 0.507 e. The minimum absolute atomic E-state index is 0.151. The van der Waals surface area contributed by atoms with Crippen LogP contribution in [0.1, 0.15) is 24.7 Å². The Bertz CT molecular complexity index is 1030. The van der Waals surface area contributed by atoms with E-state index in [4.69, 9.17) is 0 Å². The summed E-state index contributed by atoms with van der Waals surface area (Å²) in [6.45, 7) is 2.03. The predicted octanol–water partition coefficient (Wildman–Crippen LogP) is 4.46. The molecule has 25 heavy (non-hydrogen) atoms. The Labute approximate surface area is 161 Å². The lowest BCUT2D eigenvalue weighted by Gasteiger charge is -2.08. The van der Waals surface area contributed by atoms with Gasteiger partial charge in [-0.3, -0.25) is 4.79 Å². The number of phenols is 1. The van der Waals surface area contributed by atoms with Crippen molar-refractivity contribution in [3.05, 3.63) is 67.1 Å². The van der Waals surface area contributed by atoms with Gasteiger partial charge in [-0.1, -0.05) is 22.9 Å². The molecule has 0 amide bonds. The van der Waals surface area contributed by atoms with Crippen LogP contribution in [0.2, 0.25) is 0 Å². The van der Waals surface area contributed by atoms with E-state index in [0.29, 0.717) is 27.6 Å². The number of fused-ring (bicyclic) bond motifs is 1. The molecule has 3 aromatic rings. The van der Waals surface area contributed by atoms with Crippen LogP contribution in [-0.4, -0.2) is 21.0 Å². The molecule has 3 rings (SSSR count). The summed E-state index contributed by atoms with van der Waals surface area (Å²) >= 11 is 6.66. The third-order valence-corrected chi connectivity index (χ3v) is 4.77. The minimum Gasteiger partial charge on any atom is -0.507 e. The SMILES string of the molecule is CCCc1nc2ccc(Br)cc2c(=O)n1N=Cc1ccc(O)c(Br)c1. The molecule has 1 heterocycles. The second-order valence-corrected chi connectivity index (χ2v) is 7.28. The lowest BCUT2D eigenvalue weighted by atomic mass is 10.2. The molecule has 0 spiro atoms. The average molecular weight is 465 g/mol. The zero-order valence-corrected chi connectivity index (χ0v) is 16.6. The van der Waals surface area contributed by atoms with Crippen LogP contribution in [0, 0.1) is 0 Å². The average Bonchev–Trinajstić information content (AvgIpc) is 2.58. The molecule has 0 bridgehead atoms. The van der Waals surface area contributed by atoms with E-state index in [1.165, 1.54) is 4.68 Å². The van der Waals surface area contributed by atoms with Crippen LogP contribution in [0.25, 0.3) is 10.9 Å². The Kier molecular flexibility index (Phi) is 5.34. The Hall–Kier alpha value is -1.99. The molecule has 0 atom stereocenters. The van der Waals surface area contributed by atoms with Crippen molar-refractivity contribution >= 4 is 49.0 Å². The van der Waals surface area contributed by atoms with Gasteiger partial charge in [0, 0.05) is 10.9 Å². The van der Waals surface area contributed by atoms with E-state index >= 15 is 0 Å². The van der Waals surface area contributed by atoms with Crippen molar-refractivity contribution in [3.63, 3.8) is 0 Å². The van der Waals surface area contributed by atoms with Crippen LogP contribution >= 0.6 is 31.9 Å². The molecule has 1 aromatic heterocycles. The van der Waals surface area contributed by atoms with Crippen molar-refractivity contribution in [2.45, 2.75) is 19.8 Å². The van der Waals surface area contributed by atoms with Crippen molar-refractivity contribution < 1.29 is 5.11 Å². The number of aromatic hydroxyl groups is 1. The first-order chi connectivity index (χ1) is 12.0. The van der Waals surface area contributed by atoms with E-state index in [9.17, 15) is 9.90 Å². The first-order valence-electron chi connectivity index (χ1n) is 7.73. The van der Waals surface area contributed by atoms with E-state index in [0.717, 1.165) is 16.5 Å². The molecule has 0 unspecified atom stereocenters. The summed E-state index contributed by atoms with van der Waals surface area (Å²) < 4.78 is 2.73. The molecule has 0 radical (unpaired) electrons. The fraction of sp³-hybridized carbons (Fsp3) is 0.167. The van der Waals surface area contributed by atoms with Crippen molar-refractivity contribution in [3.8, 4) is 5.75 Å². The van der Waals surface area contributed by atoms with E-state index in [1.807, 2.05) is 19.1 Å². The number of hydrogen-bond donors (Lipinski definition) is 1. The lowest BCUT2D eigenvalue weighted by molar-refractivity contribution is 0.472. The highest BCUT2D eigenvalue weighted by atomic mass is 79.9. The third-order valence-electron chi connectivity index (χ3n) is 3.64. The van der Waals surface area contributed by atoms with Gasteiger partial charge in [-0.15, -0.1) is 0 Å². The number of aromatic nitrogens is 2. The highest BCUT2D eigenvalue weighted by Crippen LogP contribution is 2.23. The molecule has 7 heteroatoms. The van der Waals surface area contributed by atoms with Crippen LogP contribution in [0.3, 0.4) is 0 Å². The number of hydrogen-bond acceptors (Lipinski definition) is 4. The van der Waals surface area contributed by atoms with Crippen molar-refractivity contribution in [2.24, 2.45) is 5.10 Å². The quantitative estimate of drug-likeness (QED) is 0.579. The molecule has 0 saturated heterocycles. The second-order valence-electron chi connectivity index (χ2n) is 5.51. The maximum Gasteiger partial charge on any atom is 0.282 e. The van der Waals surface area contributed by atoms with Gasteiger partial charge in [0.2, 0.25) is 0 Å². The maximum atomic E-state index is 12.9. The van der Waals surface area contributed by atoms with Crippen molar-refractivity contribution in [1.29, 1.82) is 0 Å². The van der Waals surface area contributed by atoms with E-state index in [2.05, 4.69) is 41.9 Å². The fourth-order valence-electron chi connectivity index (χ4n) is 2.43. The summed E-state index contributed by atoms with van der Waals surface area (Å²) in [6, 6.07) is 10.5. The summed E-state index contributed by atoms with van der Waals surface area (Å²) in [5.74, 6) is 0.773. The first kappa shape index (κ1) is 17.8. The van der Waals surface area contributed by atoms with Gasteiger partial charge in [-0.05, 0) is 64.3 Å². The van der Waals surface area contributed by atoms with E-state index in [-0.39, 0.29) is 11.3 Å². The Morgan fingerprint density at radius 1 is 1.24 bits per heavy atom. The van der Waals surface area contributed by atoms with Crippen molar-refractivity contribution in [1.82, 2.24) is 9.66 Å². The standard InChI is InChI=1S/C18H15Br2N3O2/c1-2-3-17-22-15-6-5-12(19)9-13(15)18(25)23(17)21-10-11-4-7-16(24)14(20)8-11/h4-10,24H,2-3H2,1H3. The highest BCUT2D eigenvalue weighted by Gasteiger charge is 2.10. The zero-order valence-electron chi connectivity index (χ0n) is 13.4. The highest BCUT2D eigenvalue weighted by molar-refractivity contribution is 9.10. The molecule has 0 saturated carbocycles. The Balaban J connectivity index is 2.14. The van der Waals surface area contributed by atoms with Gasteiger partial charge in [0.25, 0.3) is 5.56 Å². The molecule has 0 fully saturated rings. The summed E-state index contributed by atoms with van der Waals surface area (Å²) in [5.41, 5.74) is 1.22. The molecular formula is C18H15Br2N3O2. The molecule has 0 aliphatic rings. The normalized spacial score (nSPS) is 11.5. The van der Waals surface area contributed by atoms with Gasteiger partial charge < -0.3 is 5.11 Å². The van der Waals surface area contributed by atoms with Crippen molar-refractivity contribution in [2.75, 3.05) is 0 Å². The minimum atomic E-state index is -0.205.